The minimum Gasteiger partial charge on any atom is -0.503 e. The second kappa shape index (κ2) is 6.84. The summed E-state index contributed by atoms with van der Waals surface area (Å²) in [4.78, 5) is 39.7. The maximum Gasteiger partial charge on any atom is 0.275 e. The second-order valence-electron chi connectivity index (χ2n) is 7.78. The number of hydrogen-bond acceptors (Lipinski definition) is 5. The van der Waals surface area contributed by atoms with Gasteiger partial charge < -0.3 is 19.9 Å². The van der Waals surface area contributed by atoms with Crippen LogP contribution in [0.15, 0.2) is 23.0 Å². The molecule has 3 aliphatic heterocycles. The van der Waals surface area contributed by atoms with E-state index in [0.29, 0.717) is 17.6 Å². The normalized spacial score (nSPS) is 21.9. The molecule has 2 N–H and O–H groups in total. The molecule has 31 heavy (non-hydrogen) atoms. The molecule has 3 aliphatic rings. The number of nitrogens with zero attached hydrogens (tertiary/aromatic N) is 3. The zero-order chi connectivity index (χ0) is 22.0. The Balaban J connectivity index is 1.54. The highest BCUT2D eigenvalue weighted by Crippen LogP contribution is 2.43. The number of aromatic nitrogens is 1. The van der Waals surface area contributed by atoms with E-state index in [0.717, 1.165) is 6.07 Å². The fraction of sp³-hybridized carbons (Fsp3) is 0.350. The Hall–Kier alpha value is -3.34. The smallest absolute Gasteiger partial charge is 0.275 e. The van der Waals surface area contributed by atoms with Crippen molar-refractivity contribution in [2.24, 2.45) is 0 Å². The first kappa shape index (κ1) is 19.6. The molecule has 2 amide bonds. The van der Waals surface area contributed by atoms with E-state index in [2.05, 4.69) is 5.32 Å². The van der Waals surface area contributed by atoms with Crippen LogP contribution < -0.4 is 10.7 Å². The number of halogens is 3. The Morgan fingerprint density at radius 1 is 1.23 bits per heavy atom. The first-order chi connectivity index (χ1) is 14.8. The van der Waals surface area contributed by atoms with Gasteiger partial charge in [0.05, 0.1) is 6.04 Å². The summed E-state index contributed by atoms with van der Waals surface area (Å²) in [6.45, 7) is -0.174. The summed E-state index contributed by atoms with van der Waals surface area (Å²) in [6, 6.07) is 2.33. The summed E-state index contributed by atoms with van der Waals surface area (Å²) in [7, 11) is 0. The predicted octanol–water partition coefficient (Wildman–Crippen LogP) is 1.23. The quantitative estimate of drug-likeness (QED) is 0.709. The molecule has 4 heterocycles. The van der Waals surface area contributed by atoms with Gasteiger partial charge in [0.15, 0.2) is 11.4 Å². The molecular weight excluding hydrogens is 417 g/mol. The number of nitrogens with one attached hydrogen (secondary N) is 1. The van der Waals surface area contributed by atoms with Crippen molar-refractivity contribution >= 4 is 11.8 Å². The van der Waals surface area contributed by atoms with E-state index in [1.165, 1.54) is 15.5 Å². The largest absolute Gasteiger partial charge is 0.503 e. The highest BCUT2D eigenvalue weighted by molar-refractivity contribution is 6.00. The van der Waals surface area contributed by atoms with Crippen LogP contribution in [0.3, 0.4) is 0 Å². The molecule has 2 unspecified atom stereocenters. The standard InChI is InChI=1S/C20H17F3N4O4/c21-10-2-1-9(11(22)7-10)8-24-18(30)14-12-3-4-13-19-25(5-6-26(19)23)20(31)15(27(12)13)17(29)16(14)28/h1-2,7,13,19,29H,3-6,8H2,(H,24,30). The van der Waals surface area contributed by atoms with Gasteiger partial charge in [0, 0.05) is 37.0 Å². The van der Waals surface area contributed by atoms with Crippen molar-refractivity contribution in [3.05, 3.63) is 62.6 Å². The third-order valence-electron chi connectivity index (χ3n) is 6.15. The average molecular weight is 434 g/mol. The van der Waals surface area contributed by atoms with Gasteiger partial charge >= 0.3 is 0 Å². The van der Waals surface area contributed by atoms with Crippen molar-refractivity contribution in [2.45, 2.75) is 31.6 Å². The summed E-state index contributed by atoms with van der Waals surface area (Å²) in [5, 5.41) is 13.4. The molecule has 0 saturated carbocycles. The van der Waals surface area contributed by atoms with Gasteiger partial charge in [-0.05, 0) is 18.9 Å². The second-order valence-corrected chi connectivity index (χ2v) is 7.78. The van der Waals surface area contributed by atoms with Crippen LogP contribution in [0, 0.1) is 11.6 Å². The Kier molecular flexibility index (Phi) is 4.33. The SMILES string of the molecule is O=C(NCc1ccc(F)cc1F)c1c2n3c(c(O)c1=O)C(=O)N1CCN(F)C1C3CC2. The molecule has 1 aromatic carbocycles. The van der Waals surface area contributed by atoms with E-state index in [9.17, 15) is 32.8 Å². The Morgan fingerprint density at radius 3 is 2.74 bits per heavy atom. The molecule has 2 aromatic rings. The van der Waals surface area contributed by atoms with E-state index in [1.807, 2.05) is 0 Å². The van der Waals surface area contributed by atoms with Gasteiger partial charge in [-0.25, -0.2) is 8.78 Å². The van der Waals surface area contributed by atoms with Gasteiger partial charge in [-0.15, -0.1) is 9.60 Å². The van der Waals surface area contributed by atoms with Gasteiger partial charge in [0.1, 0.15) is 23.4 Å². The van der Waals surface area contributed by atoms with Crippen LogP contribution in [0.4, 0.5) is 13.3 Å². The van der Waals surface area contributed by atoms with Crippen LogP contribution in [0.25, 0.3) is 0 Å². The predicted molar refractivity (Wildman–Crippen MR) is 99.9 cm³/mol. The fourth-order valence-corrected chi connectivity index (χ4v) is 4.77. The van der Waals surface area contributed by atoms with Crippen molar-refractivity contribution < 1.29 is 28.0 Å². The molecule has 2 atom stereocenters. The molecular formula is C20H17F3N4O4. The van der Waals surface area contributed by atoms with E-state index < -0.39 is 46.8 Å². The lowest BCUT2D eigenvalue weighted by Crippen LogP contribution is -2.51. The van der Waals surface area contributed by atoms with Crippen molar-refractivity contribution in [3.63, 3.8) is 0 Å². The van der Waals surface area contributed by atoms with E-state index >= 15 is 0 Å². The van der Waals surface area contributed by atoms with E-state index in [4.69, 9.17) is 0 Å². The Labute approximate surface area is 173 Å². The summed E-state index contributed by atoms with van der Waals surface area (Å²) in [6.07, 6.45) is -0.267. The van der Waals surface area contributed by atoms with Crippen molar-refractivity contribution in [1.29, 1.82) is 0 Å². The molecule has 1 aromatic heterocycles. The topological polar surface area (TPSA) is 94.9 Å². The molecule has 5 rings (SSSR count). The van der Waals surface area contributed by atoms with Crippen LogP contribution in [-0.2, 0) is 13.0 Å². The van der Waals surface area contributed by atoms with Gasteiger partial charge in [-0.1, -0.05) is 6.07 Å². The molecule has 0 radical (unpaired) electrons. The summed E-state index contributed by atoms with van der Waals surface area (Å²) in [5.41, 5.74) is -1.38. The van der Waals surface area contributed by atoms with E-state index in [-0.39, 0.29) is 48.6 Å². The molecule has 8 nitrogen and oxygen atoms in total. The molecule has 162 valence electrons. The van der Waals surface area contributed by atoms with Crippen molar-refractivity contribution in [2.75, 3.05) is 13.1 Å². The number of carbonyl (C=O) groups excluding carboxylic acids is 2. The lowest BCUT2D eigenvalue weighted by Gasteiger charge is -2.38. The zero-order valence-corrected chi connectivity index (χ0v) is 16.1. The zero-order valence-electron chi connectivity index (χ0n) is 16.1. The number of aromatic hydroxyl groups is 1. The number of rotatable bonds is 3. The van der Waals surface area contributed by atoms with Gasteiger partial charge in [0.25, 0.3) is 11.8 Å². The van der Waals surface area contributed by atoms with Crippen LogP contribution in [0.1, 0.15) is 44.6 Å². The van der Waals surface area contributed by atoms with Crippen molar-refractivity contribution in [1.82, 2.24) is 19.9 Å². The van der Waals surface area contributed by atoms with Gasteiger partial charge in [-0.3, -0.25) is 14.4 Å². The Morgan fingerprint density at radius 2 is 2.00 bits per heavy atom. The molecule has 11 heteroatoms. The van der Waals surface area contributed by atoms with E-state index in [1.54, 1.807) is 0 Å². The van der Waals surface area contributed by atoms with Gasteiger partial charge in [-0.2, -0.15) is 0 Å². The monoisotopic (exact) mass is 434 g/mol. The third-order valence-corrected chi connectivity index (χ3v) is 6.15. The Bertz CT molecular complexity index is 1200. The molecule has 0 spiro atoms. The molecule has 1 fully saturated rings. The minimum atomic E-state index is -1.01. The average Bonchev–Trinajstić information content (AvgIpc) is 3.31. The van der Waals surface area contributed by atoms with Crippen LogP contribution in [0.2, 0.25) is 0 Å². The number of fused-ring (bicyclic) bond motifs is 2. The highest BCUT2D eigenvalue weighted by atomic mass is 19.2. The number of amides is 2. The first-order valence-electron chi connectivity index (χ1n) is 9.75. The molecule has 0 bridgehead atoms. The maximum absolute atomic E-state index is 14.4. The first-order valence-corrected chi connectivity index (χ1v) is 9.75. The lowest BCUT2D eigenvalue weighted by molar-refractivity contribution is -0.0513. The van der Waals surface area contributed by atoms with Crippen LogP contribution >= 0.6 is 0 Å². The van der Waals surface area contributed by atoms with Gasteiger partial charge in [0.2, 0.25) is 5.43 Å². The lowest BCUT2D eigenvalue weighted by atomic mass is 10.1. The fourth-order valence-electron chi connectivity index (χ4n) is 4.77. The number of benzene rings is 1. The summed E-state index contributed by atoms with van der Waals surface area (Å²) < 4.78 is 42.7. The van der Waals surface area contributed by atoms with Crippen LogP contribution in [0.5, 0.6) is 5.75 Å². The van der Waals surface area contributed by atoms with Crippen LogP contribution in [-0.4, -0.2) is 50.8 Å². The van der Waals surface area contributed by atoms with Crippen molar-refractivity contribution in [3.8, 4) is 5.75 Å². The third kappa shape index (κ3) is 2.76. The minimum absolute atomic E-state index is 0.0104. The number of pyridine rings is 1. The highest BCUT2D eigenvalue weighted by Gasteiger charge is 2.51. The number of hydrogen-bond donors (Lipinski definition) is 2. The summed E-state index contributed by atoms with van der Waals surface area (Å²) >= 11 is 0. The molecule has 1 saturated heterocycles. The maximum atomic E-state index is 14.4. The number of carbonyl (C=O) groups is 2. The molecule has 0 aliphatic carbocycles. The summed E-state index contributed by atoms with van der Waals surface area (Å²) in [5.74, 6) is -4.02.